The second-order valence-electron chi connectivity index (χ2n) is 4.16. The van der Waals surface area contributed by atoms with Gasteiger partial charge in [0.2, 0.25) is 0 Å². The summed E-state index contributed by atoms with van der Waals surface area (Å²) in [4.78, 5) is 2.22. The Morgan fingerprint density at radius 2 is 2.00 bits per heavy atom. The molecule has 1 aliphatic heterocycles. The van der Waals surface area contributed by atoms with E-state index in [1.54, 1.807) is 6.07 Å². The van der Waals surface area contributed by atoms with E-state index in [1.165, 1.54) is 18.9 Å². The highest BCUT2D eigenvalue weighted by atomic mass is 19.1. The maximum Gasteiger partial charge on any atom is 0.130 e. The van der Waals surface area contributed by atoms with Crippen LogP contribution in [-0.4, -0.2) is 13.1 Å². The highest BCUT2D eigenvalue weighted by Gasteiger charge is 2.19. The first-order chi connectivity index (χ1) is 7.20. The summed E-state index contributed by atoms with van der Waals surface area (Å²) in [5.41, 5.74) is 7.44. The molecule has 15 heavy (non-hydrogen) atoms. The molecule has 1 aliphatic rings. The molecule has 2 nitrogen and oxygen atoms in total. The van der Waals surface area contributed by atoms with Gasteiger partial charge in [0.15, 0.2) is 0 Å². The lowest BCUT2D eigenvalue weighted by molar-refractivity contribution is 0.592. The fraction of sp³-hybridized carbons (Fsp3) is 0.500. The van der Waals surface area contributed by atoms with Gasteiger partial charge in [0.25, 0.3) is 0 Å². The fourth-order valence-corrected chi connectivity index (χ4v) is 2.21. The predicted molar refractivity (Wildman–Crippen MR) is 60.4 cm³/mol. The van der Waals surface area contributed by atoms with Crippen LogP contribution in [0.25, 0.3) is 0 Å². The molecule has 2 N–H and O–H groups in total. The van der Waals surface area contributed by atoms with Crippen molar-refractivity contribution < 1.29 is 4.39 Å². The van der Waals surface area contributed by atoms with E-state index in [1.807, 2.05) is 13.0 Å². The molecule has 3 heteroatoms. The number of rotatable bonds is 2. The van der Waals surface area contributed by atoms with Crippen LogP contribution in [0.3, 0.4) is 0 Å². The number of nitrogens with two attached hydrogens (primary N) is 1. The van der Waals surface area contributed by atoms with Crippen molar-refractivity contribution in [2.45, 2.75) is 25.8 Å². The fourth-order valence-electron chi connectivity index (χ4n) is 2.21. The van der Waals surface area contributed by atoms with E-state index in [2.05, 4.69) is 4.90 Å². The van der Waals surface area contributed by atoms with Crippen LogP contribution in [0.4, 0.5) is 10.1 Å². The molecule has 1 atom stereocenters. The summed E-state index contributed by atoms with van der Waals surface area (Å²) < 4.78 is 13.6. The van der Waals surface area contributed by atoms with Gasteiger partial charge in [-0.2, -0.15) is 0 Å². The summed E-state index contributed by atoms with van der Waals surface area (Å²) in [6.45, 7) is 3.87. The molecule has 2 rings (SSSR count). The van der Waals surface area contributed by atoms with Gasteiger partial charge >= 0.3 is 0 Å². The third-order valence-electron chi connectivity index (χ3n) is 2.93. The third kappa shape index (κ3) is 1.97. The predicted octanol–water partition coefficient (Wildman–Crippen LogP) is 2.45. The molecular formula is C12H17FN2. The van der Waals surface area contributed by atoms with Crippen molar-refractivity contribution in [2.75, 3.05) is 18.0 Å². The lowest BCUT2D eigenvalue weighted by Crippen LogP contribution is -2.22. The maximum atomic E-state index is 13.6. The van der Waals surface area contributed by atoms with E-state index in [0.29, 0.717) is 5.56 Å². The third-order valence-corrected chi connectivity index (χ3v) is 2.93. The van der Waals surface area contributed by atoms with Crippen molar-refractivity contribution in [1.82, 2.24) is 0 Å². The minimum absolute atomic E-state index is 0.186. The van der Waals surface area contributed by atoms with Crippen LogP contribution in [0.1, 0.15) is 31.4 Å². The van der Waals surface area contributed by atoms with Crippen molar-refractivity contribution >= 4 is 5.69 Å². The summed E-state index contributed by atoms with van der Waals surface area (Å²) in [5.74, 6) is -0.186. The van der Waals surface area contributed by atoms with Gasteiger partial charge in [0.1, 0.15) is 5.82 Å². The van der Waals surface area contributed by atoms with Crippen LogP contribution < -0.4 is 10.6 Å². The molecule has 0 amide bonds. The van der Waals surface area contributed by atoms with E-state index in [-0.39, 0.29) is 11.9 Å². The summed E-state index contributed by atoms with van der Waals surface area (Å²) in [7, 11) is 0. The average Bonchev–Trinajstić information content (AvgIpc) is 2.69. The Labute approximate surface area is 89.9 Å². The van der Waals surface area contributed by atoms with Crippen molar-refractivity contribution in [2.24, 2.45) is 5.73 Å². The average molecular weight is 208 g/mol. The van der Waals surface area contributed by atoms with Crippen molar-refractivity contribution in [3.05, 3.63) is 29.6 Å². The van der Waals surface area contributed by atoms with E-state index in [0.717, 1.165) is 18.8 Å². The summed E-state index contributed by atoms with van der Waals surface area (Å²) in [5, 5.41) is 0. The smallest absolute Gasteiger partial charge is 0.130 e. The molecule has 1 aromatic carbocycles. The molecule has 0 aliphatic carbocycles. The Kier molecular flexibility index (Phi) is 2.91. The molecular weight excluding hydrogens is 191 g/mol. The minimum Gasteiger partial charge on any atom is -0.371 e. The first-order valence-corrected chi connectivity index (χ1v) is 5.49. The van der Waals surface area contributed by atoms with E-state index >= 15 is 0 Å². The zero-order valence-corrected chi connectivity index (χ0v) is 9.04. The number of anilines is 1. The Morgan fingerprint density at radius 3 is 2.60 bits per heavy atom. The normalized spacial score (nSPS) is 18.2. The highest BCUT2D eigenvalue weighted by Crippen LogP contribution is 2.29. The molecule has 0 spiro atoms. The van der Waals surface area contributed by atoms with Crippen LogP contribution in [0.5, 0.6) is 0 Å². The quantitative estimate of drug-likeness (QED) is 0.808. The zero-order valence-electron chi connectivity index (χ0n) is 9.04. The lowest BCUT2D eigenvalue weighted by Gasteiger charge is -2.23. The molecule has 82 valence electrons. The topological polar surface area (TPSA) is 29.3 Å². The number of hydrogen-bond acceptors (Lipinski definition) is 2. The number of hydrogen-bond donors (Lipinski definition) is 1. The second-order valence-corrected chi connectivity index (χ2v) is 4.16. The Hall–Kier alpha value is -1.09. The van der Waals surface area contributed by atoms with Gasteiger partial charge in [-0.05, 0) is 31.9 Å². The number of nitrogens with zero attached hydrogens (tertiary/aromatic N) is 1. The van der Waals surface area contributed by atoms with Gasteiger partial charge < -0.3 is 10.6 Å². The Morgan fingerprint density at radius 1 is 1.33 bits per heavy atom. The van der Waals surface area contributed by atoms with Crippen LogP contribution in [0.2, 0.25) is 0 Å². The molecule has 0 saturated carbocycles. The molecule has 1 heterocycles. The Balaban J connectivity index is 2.40. The number of benzene rings is 1. The zero-order chi connectivity index (χ0) is 10.8. The standard InChI is InChI=1S/C12H17FN2/c1-9(14)12-10(13)5-4-6-11(12)15-7-2-3-8-15/h4-6,9H,2-3,7-8,14H2,1H3/t9-/m1/s1. The first-order valence-electron chi connectivity index (χ1n) is 5.49. The highest BCUT2D eigenvalue weighted by molar-refractivity contribution is 5.56. The van der Waals surface area contributed by atoms with Gasteiger partial charge in [-0.1, -0.05) is 6.07 Å². The van der Waals surface area contributed by atoms with E-state index < -0.39 is 0 Å². The van der Waals surface area contributed by atoms with Gasteiger partial charge in [-0.25, -0.2) is 4.39 Å². The lowest BCUT2D eigenvalue weighted by atomic mass is 10.1. The van der Waals surface area contributed by atoms with E-state index in [9.17, 15) is 4.39 Å². The minimum atomic E-state index is -0.248. The molecule has 0 unspecified atom stereocenters. The first kappa shape index (κ1) is 10.4. The monoisotopic (exact) mass is 208 g/mol. The van der Waals surface area contributed by atoms with Gasteiger partial charge in [0, 0.05) is 30.4 Å². The maximum absolute atomic E-state index is 13.6. The molecule has 1 aromatic rings. The van der Waals surface area contributed by atoms with Crippen LogP contribution in [0, 0.1) is 5.82 Å². The second kappa shape index (κ2) is 4.19. The summed E-state index contributed by atoms with van der Waals surface area (Å²) in [6.07, 6.45) is 2.38. The molecule has 0 aromatic heterocycles. The molecule has 1 fully saturated rings. The van der Waals surface area contributed by atoms with Crippen molar-refractivity contribution in [3.63, 3.8) is 0 Å². The molecule has 1 saturated heterocycles. The van der Waals surface area contributed by atoms with Crippen molar-refractivity contribution in [3.8, 4) is 0 Å². The van der Waals surface area contributed by atoms with Gasteiger partial charge in [-0.3, -0.25) is 0 Å². The SMILES string of the molecule is C[C@@H](N)c1c(F)cccc1N1CCCC1. The largest absolute Gasteiger partial charge is 0.371 e. The van der Waals surface area contributed by atoms with E-state index in [4.69, 9.17) is 5.73 Å². The van der Waals surface area contributed by atoms with Crippen LogP contribution in [0.15, 0.2) is 18.2 Å². The van der Waals surface area contributed by atoms with Gasteiger partial charge in [-0.15, -0.1) is 0 Å². The van der Waals surface area contributed by atoms with Crippen molar-refractivity contribution in [1.29, 1.82) is 0 Å². The molecule has 0 radical (unpaired) electrons. The Bertz CT molecular complexity index is 343. The molecule has 0 bridgehead atoms. The van der Waals surface area contributed by atoms with Crippen LogP contribution in [-0.2, 0) is 0 Å². The summed E-state index contributed by atoms with van der Waals surface area (Å²) in [6, 6.07) is 4.96. The van der Waals surface area contributed by atoms with Crippen LogP contribution >= 0.6 is 0 Å². The van der Waals surface area contributed by atoms with Gasteiger partial charge in [0.05, 0.1) is 0 Å². The summed E-state index contributed by atoms with van der Waals surface area (Å²) >= 11 is 0. The number of halogens is 1.